The van der Waals surface area contributed by atoms with Crippen molar-refractivity contribution in [3.05, 3.63) is 12.2 Å². The summed E-state index contributed by atoms with van der Waals surface area (Å²) in [4.78, 5) is 25.2. The summed E-state index contributed by atoms with van der Waals surface area (Å²) in [7, 11) is 0. The van der Waals surface area contributed by atoms with Gasteiger partial charge in [-0.3, -0.25) is 9.69 Å². The summed E-state index contributed by atoms with van der Waals surface area (Å²) in [5.41, 5.74) is -0.433. The van der Waals surface area contributed by atoms with Gasteiger partial charge in [0.05, 0.1) is 0 Å². The van der Waals surface area contributed by atoms with Crippen molar-refractivity contribution in [1.82, 2.24) is 4.90 Å². The molecule has 0 radical (unpaired) electrons. The first-order valence-corrected chi connectivity index (χ1v) is 6.64. The Morgan fingerprint density at radius 3 is 1.75 bits per heavy atom. The maximum absolute atomic E-state index is 12.1. The van der Waals surface area contributed by atoms with Gasteiger partial charge in [0.15, 0.2) is 0 Å². The molecule has 0 N–H and O–H groups in total. The van der Waals surface area contributed by atoms with Gasteiger partial charge in [-0.25, -0.2) is 4.79 Å². The van der Waals surface area contributed by atoms with Crippen LogP contribution in [0.25, 0.3) is 0 Å². The Balaban J connectivity index is 4.77. The zero-order valence-corrected chi connectivity index (χ0v) is 13.7. The van der Waals surface area contributed by atoms with Crippen LogP contribution in [-0.2, 0) is 14.3 Å². The Bertz CT molecular complexity index is 374. The molecule has 5 nitrogen and oxygen atoms in total. The number of nitrogens with zero attached hydrogens (tertiary/aromatic N) is 1. The van der Waals surface area contributed by atoms with Crippen molar-refractivity contribution in [2.24, 2.45) is 0 Å². The van der Waals surface area contributed by atoms with E-state index in [0.717, 1.165) is 5.57 Å². The Labute approximate surface area is 121 Å². The summed E-state index contributed by atoms with van der Waals surface area (Å²) < 4.78 is 10.5. The summed E-state index contributed by atoms with van der Waals surface area (Å²) in [6.07, 6.45) is -0.550. The molecule has 0 spiro atoms. The lowest BCUT2D eigenvalue weighted by atomic mass is 10.2. The first-order valence-electron chi connectivity index (χ1n) is 6.64. The van der Waals surface area contributed by atoms with Crippen LogP contribution >= 0.6 is 0 Å². The predicted octanol–water partition coefficient (Wildman–Crippen LogP) is 3.14. The van der Waals surface area contributed by atoms with Crippen molar-refractivity contribution < 1.29 is 19.1 Å². The molecule has 0 aromatic heterocycles. The highest BCUT2D eigenvalue weighted by molar-refractivity contribution is 5.78. The highest BCUT2D eigenvalue weighted by Crippen LogP contribution is 2.12. The van der Waals surface area contributed by atoms with Crippen LogP contribution in [0.3, 0.4) is 0 Å². The molecule has 0 heterocycles. The maximum Gasteiger partial charge on any atom is 0.411 e. The van der Waals surface area contributed by atoms with Crippen LogP contribution in [0.1, 0.15) is 48.5 Å². The quantitative estimate of drug-likeness (QED) is 0.588. The molecule has 0 atom stereocenters. The molecule has 0 aromatic carbocycles. The van der Waals surface area contributed by atoms with E-state index in [4.69, 9.17) is 9.47 Å². The average molecular weight is 285 g/mol. The summed E-state index contributed by atoms with van der Waals surface area (Å²) in [6, 6.07) is 0. The molecule has 0 bridgehead atoms. The first kappa shape index (κ1) is 18.5. The summed E-state index contributed by atoms with van der Waals surface area (Å²) in [5, 5.41) is 0. The Hall–Kier alpha value is -1.52. The Kier molecular flexibility index (Phi) is 6.26. The minimum atomic E-state index is -0.613. The van der Waals surface area contributed by atoms with Crippen molar-refractivity contribution >= 4 is 12.1 Å². The van der Waals surface area contributed by atoms with E-state index in [1.807, 2.05) is 0 Å². The SMILES string of the molecule is C=C(C)CN(CC(=O)OC(C)(C)C)C(=O)OC(C)(C)C. The number of rotatable bonds is 4. The van der Waals surface area contributed by atoms with E-state index in [0.29, 0.717) is 0 Å². The highest BCUT2D eigenvalue weighted by Gasteiger charge is 2.26. The molecule has 0 aromatic rings. The molecule has 0 saturated carbocycles. The third-order valence-electron chi connectivity index (χ3n) is 1.85. The molecule has 0 aliphatic carbocycles. The third-order valence-corrected chi connectivity index (χ3v) is 1.85. The molecule has 20 heavy (non-hydrogen) atoms. The molecular weight excluding hydrogens is 258 g/mol. The lowest BCUT2D eigenvalue weighted by Gasteiger charge is -2.28. The molecular formula is C15H27NO4. The van der Waals surface area contributed by atoms with Gasteiger partial charge in [0.2, 0.25) is 0 Å². The van der Waals surface area contributed by atoms with Crippen LogP contribution in [0, 0.1) is 0 Å². The van der Waals surface area contributed by atoms with Crippen LogP contribution in [0.5, 0.6) is 0 Å². The lowest BCUT2D eigenvalue weighted by Crippen LogP contribution is -2.42. The van der Waals surface area contributed by atoms with Gasteiger partial charge >= 0.3 is 12.1 Å². The predicted molar refractivity (Wildman–Crippen MR) is 78.5 cm³/mol. The van der Waals surface area contributed by atoms with Crippen LogP contribution < -0.4 is 0 Å². The fourth-order valence-electron chi connectivity index (χ4n) is 1.37. The van der Waals surface area contributed by atoms with Crippen molar-refractivity contribution in [1.29, 1.82) is 0 Å². The molecule has 1 amide bonds. The minimum Gasteiger partial charge on any atom is -0.459 e. The van der Waals surface area contributed by atoms with E-state index < -0.39 is 23.3 Å². The van der Waals surface area contributed by atoms with Gasteiger partial charge in [0.1, 0.15) is 17.7 Å². The van der Waals surface area contributed by atoms with Gasteiger partial charge in [-0.05, 0) is 48.5 Å². The van der Waals surface area contributed by atoms with Gasteiger partial charge in [0, 0.05) is 6.54 Å². The van der Waals surface area contributed by atoms with Gasteiger partial charge in [-0.2, -0.15) is 0 Å². The summed E-state index contributed by atoms with van der Waals surface area (Å²) >= 11 is 0. The Morgan fingerprint density at radius 1 is 0.950 bits per heavy atom. The van der Waals surface area contributed by atoms with Crippen molar-refractivity contribution in [3.8, 4) is 0 Å². The molecule has 0 aliphatic rings. The van der Waals surface area contributed by atoms with Gasteiger partial charge in [-0.1, -0.05) is 12.2 Å². The van der Waals surface area contributed by atoms with E-state index in [9.17, 15) is 9.59 Å². The zero-order chi connectivity index (χ0) is 16.1. The number of hydrogen-bond acceptors (Lipinski definition) is 4. The number of esters is 1. The van der Waals surface area contributed by atoms with Gasteiger partial charge in [0.25, 0.3) is 0 Å². The third kappa shape index (κ3) is 9.42. The fourth-order valence-corrected chi connectivity index (χ4v) is 1.37. The average Bonchev–Trinajstić information content (AvgIpc) is 2.09. The van der Waals surface area contributed by atoms with Crippen molar-refractivity contribution in [2.75, 3.05) is 13.1 Å². The Morgan fingerprint density at radius 2 is 1.40 bits per heavy atom. The topological polar surface area (TPSA) is 55.8 Å². The second-order valence-electron chi connectivity index (χ2n) is 6.88. The molecule has 0 saturated heterocycles. The molecule has 0 rings (SSSR count). The molecule has 0 aliphatic heterocycles. The number of ether oxygens (including phenoxy) is 2. The largest absolute Gasteiger partial charge is 0.459 e. The second kappa shape index (κ2) is 6.77. The highest BCUT2D eigenvalue weighted by atomic mass is 16.6. The molecule has 0 fully saturated rings. The number of carbonyl (C=O) groups is 2. The van der Waals surface area contributed by atoms with Crippen LogP contribution in [0.2, 0.25) is 0 Å². The normalized spacial score (nSPS) is 11.8. The van der Waals surface area contributed by atoms with Crippen LogP contribution in [0.4, 0.5) is 4.79 Å². The monoisotopic (exact) mass is 285 g/mol. The van der Waals surface area contributed by atoms with E-state index in [2.05, 4.69) is 6.58 Å². The smallest absolute Gasteiger partial charge is 0.411 e. The van der Waals surface area contributed by atoms with E-state index in [1.54, 1.807) is 48.5 Å². The van der Waals surface area contributed by atoms with E-state index in [1.165, 1.54) is 4.90 Å². The molecule has 116 valence electrons. The van der Waals surface area contributed by atoms with Crippen molar-refractivity contribution in [3.63, 3.8) is 0 Å². The summed E-state index contributed by atoms with van der Waals surface area (Å²) in [6.45, 7) is 16.3. The second-order valence-corrected chi connectivity index (χ2v) is 6.88. The lowest BCUT2D eigenvalue weighted by molar-refractivity contribution is -0.155. The van der Waals surface area contributed by atoms with Gasteiger partial charge in [-0.15, -0.1) is 0 Å². The van der Waals surface area contributed by atoms with Gasteiger partial charge < -0.3 is 9.47 Å². The van der Waals surface area contributed by atoms with Crippen LogP contribution in [0.15, 0.2) is 12.2 Å². The standard InChI is InChI=1S/C15H27NO4/c1-11(2)9-16(13(18)20-15(6,7)8)10-12(17)19-14(3,4)5/h1,9-10H2,2-8H3. The maximum atomic E-state index is 12.1. The van der Waals surface area contributed by atoms with E-state index >= 15 is 0 Å². The van der Waals surface area contributed by atoms with Crippen LogP contribution in [-0.4, -0.2) is 41.3 Å². The molecule has 0 unspecified atom stereocenters. The van der Waals surface area contributed by atoms with E-state index in [-0.39, 0.29) is 13.1 Å². The fraction of sp³-hybridized carbons (Fsp3) is 0.733. The molecule has 5 heteroatoms. The number of hydrogen-bond donors (Lipinski definition) is 0. The first-order chi connectivity index (χ1) is 8.80. The summed E-state index contributed by atoms with van der Waals surface area (Å²) in [5.74, 6) is -0.468. The van der Waals surface area contributed by atoms with Crippen molar-refractivity contribution in [2.45, 2.75) is 59.7 Å². The number of amides is 1. The minimum absolute atomic E-state index is 0.154. The number of carbonyl (C=O) groups excluding carboxylic acids is 2. The zero-order valence-electron chi connectivity index (χ0n) is 13.7.